The van der Waals surface area contributed by atoms with Gasteiger partial charge in [0.05, 0.1) is 11.1 Å². The molecule has 0 aliphatic heterocycles. The quantitative estimate of drug-likeness (QED) is 0.475. The molecule has 0 fully saturated rings. The Morgan fingerprint density at radius 1 is 1.38 bits per heavy atom. The predicted molar refractivity (Wildman–Crippen MR) is 91.4 cm³/mol. The summed E-state index contributed by atoms with van der Waals surface area (Å²) in [6.07, 6.45) is 1.66. The van der Waals surface area contributed by atoms with Gasteiger partial charge >= 0.3 is 5.00 Å². The molecule has 1 aromatic heterocycles. The molecule has 2 N–H and O–H groups in total. The zero-order valence-electron chi connectivity index (χ0n) is 12.7. The van der Waals surface area contributed by atoms with Gasteiger partial charge in [-0.3, -0.25) is 19.7 Å². The van der Waals surface area contributed by atoms with Gasteiger partial charge in [-0.1, -0.05) is 24.3 Å². The van der Waals surface area contributed by atoms with E-state index >= 15 is 0 Å². The third-order valence-electron chi connectivity index (χ3n) is 2.90. The molecule has 8 nitrogen and oxygen atoms in total. The zero-order valence-corrected chi connectivity index (χ0v) is 13.5. The molecule has 24 heavy (non-hydrogen) atoms. The van der Waals surface area contributed by atoms with Gasteiger partial charge in [-0.2, -0.15) is 5.10 Å². The van der Waals surface area contributed by atoms with Gasteiger partial charge < -0.3 is 5.32 Å². The summed E-state index contributed by atoms with van der Waals surface area (Å²) >= 11 is 0.979. The van der Waals surface area contributed by atoms with Gasteiger partial charge in [0.15, 0.2) is 0 Å². The summed E-state index contributed by atoms with van der Waals surface area (Å²) in [5.41, 5.74) is 3.71. The lowest BCUT2D eigenvalue weighted by Crippen LogP contribution is -2.18. The monoisotopic (exact) mass is 346 g/mol. The van der Waals surface area contributed by atoms with E-state index < -0.39 is 10.8 Å². The van der Waals surface area contributed by atoms with Crippen molar-refractivity contribution in [3.05, 3.63) is 57.0 Å². The Morgan fingerprint density at radius 2 is 2.17 bits per heavy atom. The van der Waals surface area contributed by atoms with Crippen LogP contribution in [-0.4, -0.2) is 23.0 Å². The Hall–Kier alpha value is -3.07. The van der Waals surface area contributed by atoms with Crippen molar-refractivity contribution >= 4 is 40.1 Å². The van der Waals surface area contributed by atoms with Gasteiger partial charge in [-0.05, 0) is 18.2 Å². The van der Waals surface area contributed by atoms with Crippen LogP contribution in [0.3, 0.4) is 0 Å². The topological polar surface area (TPSA) is 114 Å². The number of carbonyl (C=O) groups is 2. The summed E-state index contributed by atoms with van der Waals surface area (Å²) in [6, 6.07) is 7.81. The average Bonchev–Trinajstić information content (AvgIpc) is 3.04. The normalized spacial score (nSPS) is 10.5. The maximum atomic E-state index is 12.0. The minimum atomic E-state index is -0.489. The third kappa shape index (κ3) is 4.71. The number of nitro groups is 1. The van der Waals surface area contributed by atoms with Gasteiger partial charge in [-0.25, -0.2) is 5.43 Å². The molecule has 0 radical (unpaired) electrons. The molecule has 0 aliphatic rings. The zero-order chi connectivity index (χ0) is 17.5. The van der Waals surface area contributed by atoms with Crippen molar-refractivity contribution in [2.75, 3.05) is 5.32 Å². The first-order chi connectivity index (χ1) is 11.5. The molecule has 9 heteroatoms. The number of hydrogen-bond donors (Lipinski definition) is 2. The number of carbonyl (C=O) groups excluding carboxylic acids is 2. The van der Waals surface area contributed by atoms with Crippen LogP contribution < -0.4 is 10.7 Å². The number of benzene rings is 1. The maximum Gasteiger partial charge on any atom is 0.324 e. The minimum absolute atomic E-state index is 0.00198. The van der Waals surface area contributed by atoms with E-state index in [-0.39, 0.29) is 10.9 Å². The molecule has 0 atom stereocenters. The second kappa shape index (κ2) is 7.97. The SMILES string of the molecule is CCC(=O)Nc1cccc(C(=O)N/N=C/c2csc([N+](=O)[O-])c2)c1. The van der Waals surface area contributed by atoms with Crippen molar-refractivity contribution in [2.45, 2.75) is 13.3 Å². The highest BCUT2D eigenvalue weighted by Gasteiger charge is 2.09. The van der Waals surface area contributed by atoms with E-state index in [0.29, 0.717) is 23.2 Å². The van der Waals surface area contributed by atoms with Crippen LogP contribution in [0.5, 0.6) is 0 Å². The highest BCUT2D eigenvalue weighted by atomic mass is 32.1. The van der Waals surface area contributed by atoms with Crippen LogP contribution in [0.15, 0.2) is 40.8 Å². The molecule has 0 unspecified atom stereocenters. The largest absolute Gasteiger partial charge is 0.326 e. The van der Waals surface area contributed by atoms with Crippen LogP contribution in [0, 0.1) is 10.1 Å². The van der Waals surface area contributed by atoms with E-state index in [0.717, 1.165) is 11.3 Å². The smallest absolute Gasteiger partial charge is 0.324 e. The van der Waals surface area contributed by atoms with E-state index in [4.69, 9.17) is 0 Å². The van der Waals surface area contributed by atoms with Crippen LogP contribution in [0.2, 0.25) is 0 Å². The molecule has 0 saturated carbocycles. The molecule has 1 heterocycles. The molecule has 2 amide bonds. The van der Waals surface area contributed by atoms with Crippen LogP contribution in [-0.2, 0) is 4.79 Å². The van der Waals surface area contributed by atoms with Crippen molar-refractivity contribution in [3.8, 4) is 0 Å². The number of amides is 2. The lowest BCUT2D eigenvalue weighted by atomic mass is 10.2. The first-order valence-corrected chi connectivity index (χ1v) is 7.84. The van der Waals surface area contributed by atoms with E-state index in [1.165, 1.54) is 18.3 Å². The highest BCUT2D eigenvalue weighted by molar-refractivity contribution is 7.13. The fraction of sp³-hybridized carbons (Fsp3) is 0.133. The number of thiophene rings is 1. The summed E-state index contributed by atoms with van der Waals surface area (Å²) in [4.78, 5) is 33.5. The van der Waals surface area contributed by atoms with Crippen molar-refractivity contribution in [3.63, 3.8) is 0 Å². The van der Waals surface area contributed by atoms with Crippen molar-refractivity contribution in [1.29, 1.82) is 0 Å². The molecule has 124 valence electrons. The second-order valence-corrected chi connectivity index (χ2v) is 5.55. The Bertz CT molecular complexity index is 800. The molecular weight excluding hydrogens is 332 g/mol. The fourth-order valence-electron chi connectivity index (χ4n) is 1.72. The molecule has 0 spiro atoms. The molecule has 0 aliphatic carbocycles. The van der Waals surface area contributed by atoms with E-state index in [1.54, 1.807) is 30.5 Å². The average molecular weight is 346 g/mol. The van der Waals surface area contributed by atoms with E-state index in [9.17, 15) is 19.7 Å². The van der Waals surface area contributed by atoms with Crippen LogP contribution in [0.25, 0.3) is 0 Å². The predicted octanol–water partition coefficient (Wildman–Crippen LogP) is 2.77. The van der Waals surface area contributed by atoms with E-state index in [2.05, 4.69) is 15.8 Å². The molecule has 2 rings (SSSR count). The van der Waals surface area contributed by atoms with Crippen molar-refractivity contribution in [2.24, 2.45) is 5.10 Å². The number of nitrogens with zero attached hydrogens (tertiary/aromatic N) is 2. The molecular formula is C15H14N4O4S. The molecule has 0 saturated heterocycles. The number of nitrogens with one attached hydrogen (secondary N) is 2. The second-order valence-electron chi connectivity index (χ2n) is 4.66. The van der Waals surface area contributed by atoms with Crippen molar-refractivity contribution < 1.29 is 14.5 Å². The number of hydrogen-bond acceptors (Lipinski definition) is 6. The maximum absolute atomic E-state index is 12.0. The number of rotatable bonds is 6. The summed E-state index contributed by atoms with van der Waals surface area (Å²) < 4.78 is 0. The Labute approximate surface area is 141 Å². The first-order valence-electron chi connectivity index (χ1n) is 6.96. The van der Waals surface area contributed by atoms with Gasteiger partial charge in [0.1, 0.15) is 0 Å². The van der Waals surface area contributed by atoms with Gasteiger partial charge in [-0.15, -0.1) is 0 Å². The molecule has 1 aromatic carbocycles. The number of hydrazone groups is 1. The number of anilines is 1. The lowest BCUT2D eigenvalue weighted by Gasteiger charge is -2.05. The van der Waals surface area contributed by atoms with Crippen molar-refractivity contribution in [1.82, 2.24) is 5.43 Å². The highest BCUT2D eigenvalue weighted by Crippen LogP contribution is 2.21. The third-order valence-corrected chi connectivity index (χ3v) is 3.79. The Morgan fingerprint density at radius 3 is 2.83 bits per heavy atom. The summed E-state index contributed by atoms with van der Waals surface area (Å²) in [5.74, 6) is -0.604. The fourth-order valence-corrected chi connectivity index (χ4v) is 2.40. The minimum Gasteiger partial charge on any atom is -0.326 e. The summed E-state index contributed by atoms with van der Waals surface area (Å²) in [5, 5.41) is 18.6. The van der Waals surface area contributed by atoms with Gasteiger partial charge in [0, 0.05) is 34.7 Å². The van der Waals surface area contributed by atoms with Crippen LogP contribution >= 0.6 is 11.3 Å². The van der Waals surface area contributed by atoms with Gasteiger partial charge in [0.2, 0.25) is 5.91 Å². The lowest BCUT2D eigenvalue weighted by molar-refractivity contribution is -0.380. The van der Waals surface area contributed by atoms with Crippen LogP contribution in [0.4, 0.5) is 10.7 Å². The Kier molecular flexibility index (Phi) is 5.74. The van der Waals surface area contributed by atoms with E-state index in [1.807, 2.05) is 0 Å². The van der Waals surface area contributed by atoms with Gasteiger partial charge in [0.25, 0.3) is 5.91 Å². The Balaban J connectivity index is 1.98. The standard InChI is InChI=1S/C15H14N4O4S/c1-2-13(20)17-12-5-3-4-11(7-12)15(21)18-16-8-10-6-14(19(22)23)24-9-10/h3-9H,2H2,1H3,(H,17,20)(H,18,21)/b16-8+. The summed E-state index contributed by atoms with van der Waals surface area (Å²) in [6.45, 7) is 1.73. The first kappa shape index (κ1) is 17.3. The molecule has 0 bridgehead atoms. The van der Waals surface area contributed by atoms with Crippen LogP contribution in [0.1, 0.15) is 29.3 Å². The summed E-state index contributed by atoms with van der Waals surface area (Å²) in [7, 11) is 0. The molecule has 2 aromatic rings.